The number of nitrogens with one attached hydrogen (secondary N) is 1. The maximum Gasteiger partial charge on any atom is 0.251 e. The lowest BCUT2D eigenvalue weighted by Crippen LogP contribution is -2.18. The highest BCUT2D eigenvalue weighted by Crippen LogP contribution is 2.25. The highest BCUT2D eigenvalue weighted by atomic mass is 16.1. The quantitative estimate of drug-likeness (QED) is 0.687. The van der Waals surface area contributed by atoms with Crippen LogP contribution in [0, 0.1) is 0 Å². The molecule has 5 nitrogen and oxygen atoms in total. The van der Waals surface area contributed by atoms with Crippen LogP contribution in [-0.2, 0) is 18.3 Å². The van der Waals surface area contributed by atoms with Crippen LogP contribution in [0.25, 0.3) is 17.2 Å². The van der Waals surface area contributed by atoms with Gasteiger partial charge in [0.15, 0.2) is 5.78 Å². The van der Waals surface area contributed by atoms with Crippen LogP contribution in [-0.4, -0.2) is 28.3 Å². The zero-order valence-corrected chi connectivity index (χ0v) is 15.3. The molecule has 0 fully saturated rings. The monoisotopic (exact) mass is 359 g/mol. The zero-order valence-electron chi connectivity index (χ0n) is 15.3. The molecule has 1 aromatic heterocycles. The van der Waals surface area contributed by atoms with Gasteiger partial charge in [0.05, 0.1) is 18.4 Å². The molecule has 0 atom stereocenters. The second-order valence-corrected chi connectivity index (χ2v) is 6.26. The zero-order chi connectivity index (χ0) is 19.2. The summed E-state index contributed by atoms with van der Waals surface area (Å²) in [6, 6.07) is 15.3. The van der Waals surface area contributed by atoms with Gasteiger partial charge in [0.1, 0.15) is 0 Å². The average molecular weight is 359 g/mol. The van der Waals surface area contributed by atoms with Crippen molar-refractivity contribution in [3.8, 4) is 11.1 Å². The minimum atomic E-state index is -0.143. The van der Waals surface area contributed by atoms with Gasteiger partial charge < -0.3 is 9.88 Å². The molecule has 0 aliphatic heterocycles. The smallest absolute Gasteiger partial charge is 0.251 e. The first-order valence-electron chi connectivity index (χ1n) is 8.66. The molecule has 0 saturated carbocycles. The van der Waals surface area contributed by atoms with E-state index in [9.17, 15) is 9.59 Å². The number of amides is 1. The number of rotatable bonds is 6. The van der Waals surface area contributed by atoms with Crippen LogP contribution in [0.3, 0.4) is 0 Å². The highest BCUT2D eigenvalue weighted by Gasteiger charge is 2.12. The first kappa shape index (κ1) is 18.3. The van der Waals surface area contributed by atoms with Gasteiger partial charge in [0, 0.05) is 25.9 Å². The van der Waals surface area contributed by atoms with Crippen LogP contribution in [0.4, 0.5) is 0 Å². The Kier molecular flexibility index (Phi) is 5.61. The van der Waals surface area contributed by atoms with E-state index in [0.29, 0.717) is 5.56 Å². The number of ketones is 1. The van der Waals surface area contributed by atoms with Crippen LogP contribution in [0.5, 0.6) is 0 Å². The fraction of sp³-hybridized carbons (Fsp3) is 0.136. The lowest BCUT2D eigenvalue weighted by atomic mass is 9.96. The molecule has 2 aromatic carbocycles. The van der Waals surface area contributed by atoms with Crippen molar-refractivity contribution in [1.29, 1.82) is 0 Å². The fourth-order valence-electron chi connectivity index (χ4n) is 2.84. The van der Waals surface area contributed by atoms with Crippen LogP contribution in [0.2, 0.25) is 0 Å². The molecular formula is C22H21N3O2. The standard InChI is InChI=1S/C22H21N3O2/c1-23-22(27)20-11-9-16(12-21(20)17-6-4-3-5-7-17)8-10-19(26)13-18-14-25(2)15-24-18/h3-12,14-15H,13H2,1-2H3,(H,23,27)/b10-8+. The summed E-state index contributed by atoms with van der Waals surface area (Å²) < 4.78 is 1.82. The first-order valence-corrected chi connectivity index (χ1v) is 8.66. The second-order valence-electron chi connectivity index (χ2n) is 6.26. The molecule has 0 bridgehead atoms. The van der Waals surface area contributed by atoms with Gasteiger partial charge in [0.2, 0.25) is 0 Å². The van der Waals surface area contributed by atoms with E-state index in [0.717, 1.165) is 22.4 Å². The van der Waals surface area contributed by atoms with Gasteiger partial charge in [-0.2, -0.15) is 0 Å². The van der Waals surface area contributed by atoms with E-state index in [-0.39, 0.29) is 18.1 Å². The van der Waals surface area contributed by atoms with Crippen molar-refractivity contribution in [2.24, 2.45) is 7.05 Å². The van der Waals surface area contributed by atoms with Crippen LogP contribution < -0.4 is 5.32 Å². The topological polar surface area (TPSA) is 64.0 Å². The van der Waals surface area contributed by atoms with E-state index in [1.54, 1.807) is 31.6 Å². The average Bonchev–Trinajstić information content (AvgIpc) is 3.10. The molecule has 0 spiro atoms. The Morgan fingerprint density at radius 2 is 1.93 bits per heavy atom. The Hall–Kier alpha value is -3.47. The molecule has 1 N–H and O–H groups in total. The summed E-state index contributed by atoms with van der Waals surface area (Å²) in [5, 5.41) is 2.67. The molecule has 0 aliphatic rings. The highest BCUT2D eigenvalue weighted by molar-refractivity contribution is 6.01. The van der Waals surface area contributed by atoms with E-state index >= 15 is 0 Å². The number of allylic oxidation sites excluding steroid dienone is 1. The molecular weight excluding hydrogens is 338 g/mol. The molecule has 0 aliphatic carbocycles. The summed E-state index contributed by atoms with van der Waals surface area (Å²) in [5.41, 5.74) is 3.98. The van der Waals surface area contributed by atoms with Crippen molar-refractivity contribution in [3.63, 3.8) is 0 Å². The van der Waals surface area contributed by atoms with Gasteiger partial charge in [0.25, 0.3) is 5.91 Å². The van der Waals surface area contributed by atoms with Gasteiger partial charge in [-0.05, 0) is 34.9 Å². The molecule has 27 heavy (non-hydrogen) atoms. The van der Waals surface area contributed by atoms with Crippen LogP contribution in [0.15, 0.2) is 67.1 Å². The molecule has 3 rings (SSSR count). The number of carbonyl (C=O) groups excluding carboxylic acids is 2. The summed E-state index contributed by atoms with van der Waals surface area (Å²) in [7, 11) is 3.48. The second kappa shape index (κ2) is 8.27. The number of hydrogen-bond donors (Lipinski definition) is 1. The minimum absolute atomic E-state index is 0.0228. The van der Waals surface area contributed by atoms with E-state index in [4.69, 9.17) is 0 Å². The third-order valence-corrected chi connectivity index (χ3v) is 4.18. The summed E-state index contributed by atoms with van der Waals surface area (Å²) in [6.07, 6.45) is 7.09. The number of aryl methyl sites for hydroxylation is 1. The number of imidazole rings is 1. The Balaban J connectivity index is 1.85. The predicted molar refractivity (Wildman–Crippen MR) is 106 cm³/mol. The van der Waals surface area contributed by atoms with E-state index < -0.39 is 0 Å². The molecule has 0 saturated heterocycles. The van der Waals surface area contributed by atoms with Crippen molar-refractivity contribution in [3.05, 3.63) is 84.0 Å². The number of nitrogens with zero attached hydrogens (tertiary/aromatic N) is 2. The fourth-order valence-corrected chi connectivity index (χ4v) is 2.84. The van der Waals surface area contributed by atoms with Crippen molar-refractivity contribution < 1.29 is 9.59 Å². The minimum Gasteiger partial charge on any atom is -0.355 e. The van der Waals surface area contributed by atoms with Crippen molar-refractivity contribution in [2.75, 3.05) is 7.05 Å². The van der Waals surface area contributed by atoms with Gasteiger partial charge in [-0.3, -0.25) is 9.59 Å². The van der Waals surface area contributed by atoms with Gasteiger partial charge in [-0.1, -0.05) is 42.5 Å². The maximum atomic E-state index is 12.2. The Labute approximate surface area is 158 Å². The molecule has 0 radical (unpaired) electrons. The SMILES string of the molecule is CNC(=O)c1ccc(/C=C/C(=O)Cc2cn(C)cn2)cc1-c1ccccc1. The van der Waals surface area contributed by atoms with E-state index in [1.807, 2.05) is 60.3 Å². The Morgan fingerprint density at radius 3 is 2.59 bits per heavy atom. The Bertz CT molecular complexity index is 988. The first-order chi connectivity index (χ1) is 13.1. The lowest BCUT2D eigenvalue weighted by molar-refractivity contribution is -0.114. The summed E-state index contributed by atoms with van der Waals surface area (Å²) in [6.45, 7) is 0. The Morgan fingerprint density at radius 1 is 1.15 bits per heavy atom. The van der Waals surface area contributed by atoms with Gasteiger partial charge in [-0.25, -0.2) is 4.98 Å². The van der Waals surface area contributed by atoms with E-state index in [2.05, 4.69) is 10.3 Å². The van der Waals surface area contributed by atoms with E-state index in [1.165, 1.54) is 0 Å². The van der Waals surface area contributed by atoms with Gasteiger partial charge in [-0.15, -0.1) is 0 Å². The lowest BCUT2D eigenvalue weighted by Gasteiger charge is -2.10. The van der Waals surface area contributed by atoms with Crippen LogP contribution >= 0.6 is 0 Å². The number of hydrogen-bond acceptors (Lipinski definition) is 3. The van der Waals surface area contributed by atoms with Crippen LogP contribution in [0.1, 0.15) is 21.6 Å². The summed E-state index contributed by atoms with van der Waals surface area (Å²) in [4.78, 5) is 28.5. The third-order valence-electron chi connectivity index (χ3n) is 4.18. The van der Waals surface area contributed by atoms with Crippen molar-refractivity contribution in [2.45, 2.75) is 6.42 Å². The predicted octanol–water partition coefficient (Wildman–Crippen LogP) is 3.27. The maximum absolute atomic E-state index is 12.2. The largest absolute Gasteiger partial charge is 0.355 e. The summed E-state index contributed by atoms with van der Waals surface area (Å²) >= 11 is 0. The normalized spacial score (nSPS) is 10.9. The third kappa shape index (κ3) is 4.58. The number of aromatic nitrogens is 2. The molecule has 136 valence electrons. The molecule has 5 heteroatoms. The van der Waals surface area contributed by atoms with Crippen molar-refractivity contribution >= 4 is 17.8 Å². The van der Waals surface area contributed by atoms with Gasteiger partial charge >= 0.3 is 0 Å². The number of benzene rings is 2. The molecule has 1 heterocycles. The number of carbonyl (C=O) groups is 2. The summed E-state index contributed by atoms with van der Waals surface area (Å²) in [5.74, 6) is -0.166. The molecule has 3 aromatic rings. The molecule has 0 unspecified atom stereocenters. The molecule has 1 amide bonds. The van der Waals surface area contributed by atoms with Crippen molar-refractivity contribution in [1.82, 2.24) is 14.9 Å².